The minimum atomic E-state index is -0.601. The summed E-state index contributed by atoms with van der Waals surface area (Å²) in [6.07, 6.45) is 0. The fourth-order valence-electron chi connectivity index (χ4n) is 3.44. The van der Waals surface area contributed by atoms with Crippen LogP contribution in [-0.4, -0.2) is 32.3 Å². The number of aromatic nitrogens is 3. The van der Waals surface area contributed by atoms with Crippen molar-refractivity contribution in [2.24, 2.45) is 0 Å². The number of aryl methyl sites for hydroxylation is 2. The third-order valence-electron chi connectivity index (χ3n) is 5.31. The monoisotopic (exact) mass is 567 g/mol. The number of nitrogens with one attached hydrogen (secondary N) is 2. The Morgan fingerprint density at radius 2 is 1.78 bits per heavy atom. The average molecular weight is 568 g/mol. The largest absolute Gasteiger partial charge is 0.345 e. The van der Waals surface area contributed by atoms with E-state index in [0.717, 1.165) is 27.0 Å². The number of hydrogen-bond acceptors (Lipinski definition) is 5. The molecule has 0 aliphatic carbocycles. The molecule has 1 heterocycles. The van der Waals surface area contributed by atoms with E-state index in [4.69, 9.17) is 0 Å². The highest BCUT2D eigenvalue weighted by Gasteiger charge is 2.18. The summed E-state index contributed by atoms with van der Waals surface area (Å²) in [6, 6.07) is 19.1. The van der Waals surface area contributed by atoms with Crippen LogP contribution in [0.3, 0.4) is 0 Å². The number of carbonyl (C=O) groups is 2. The van der Waals surface area contributed by atoms with Crippen molar-refractivity contribution in [1.82, 2.24) is 20.1 Å². The third-order valence-corrected chi connectivity index (χ3v) is 6.77. The molecular weight excluding hydrogens is 545 g/mol. The maximum absolute atomic E-state index is 14.0. The molecule has 36 heavy (non-hydrogen) atoms. The first-order chi connectivity index (χ1) is 17.3. The molecule has 7 nitrogen and oxygen atoms in total. The Kier molecular flexibility index (Phi) is 8.17. The first-order valence-electron chi connectivity index (χ1n) is 11.0. The smallest absolute Gasteiger partial charge is 0.254 e. The number of anilines is 1. The van der Waals surface area contributed by atoms with Gasteiger partial charge in [0, 0.05) is 15.8 Å². The molecule has 2 amide bonds. The Bertz CT molecular complexity index is 1410. The fourth-order valence-corrected chi connectivity index (χ4v) is 4.48. The highest BCUT2D eigenvalue weighted by atomic mass is 79.9. The topological polar surface area (TPSA) is 88.9 Å². The van der Waals surface area contributed by atoms with Crippen molar-refractivity contribution < 1.29 is 14.0 Å². The van der Waals surface area contributed by atoms with Crippen molar-refractivity contribution >= 4 is 45.2 Å². The summed E-state index contributed by atoms with van der Waals surface area (Å²) in [5.41, 5.74) is 3.51. The number of halogens is 2. The molecule has 0 unspecified atom stereocenters. The molecule has 4 aromatic rings. The maximum Gasteiger partial charge on any atom is 0.254 e. The van der Waals surface area contributed by atoms with Gasteiger partial charge < -0.3 is 10.6 Å². The molecule has 4 rings (SSSR count). The van der Waals surface area contributed by atoms with Gasteiger partial charge in [0.1, 0.15) is 5.82 Å². The number of nitrogens with zero attached hydrogens (tertiary/aromatic N) is 3. The molecule has 184 valence electrons. The minimum Gasteiger partial charge on any atom is -0.345 e. The van der Waals surface area contributed by atoms with Gasteiger partial charge in [0.2, 0.25) is 5.91 Å². The second kappa shape index (κ2) is 11.5. The van der Waals surface area contributed by atoms with Crippen LogP contribution in [0.15, 0.2) is 76.4 Å². The second-order valence-corrected chi connectivity index (χ2v) is 9.89. The highest BCUT2D eigenvalue weighted by molar-refractivity contribution is 9.10. The van der Waals surface area contributed by atoms with Crippen molar-refractivity contribution in [3.8, 4) is 5.69 Å². The Balaban J connectivity index is 1.52. The van der Waals surface area contributed by atoms with Crippen molar-refractivity contribution in [2.75, 3.05) is 11.1 Å². The third kappa shape index (κ3) is 6.19. The zero-order chi connectivity index (χ0) is 25.7. The molecule has 3 aromatic carbocycles. The molecule has 0 aliphatic rings. The number of rotatable bonds is 8. The summed E-state index contributed by atoms with van der Waals surface area (Å²) in [7, 11) is 0. The van der Waals surface area contributed by atoms with E-state index < -0.39 is 11.7 Å². The molecule has 10 heteroatoms. The van der Waals surface area contributed by atoms with Gasteiger partial charge in [-0.3, -0.25) is 14.2 Å². The Labute approximate surface area is 220 Å². The molecule has 0 radical (unpaired) electrons. The van der Waals surface area contributed by atoms with Crippen LogP contribution in [0.5, 0.6) is 0 Å². The summed E-state index contributed by atoms with van der Waals surface area (Å²) < 4.78 is 16.7. The normalized spacial score (nSPS) is 10.8. The first-order valence-corrected chi connectivity index (χ1v) is 12.8. The van der Waals surface area contributed by atoms with Crippen LogP contribution >= 0.6 is 27.7 Å². The zero-order valence-electron chi connectivity index (χ0n) is 19.6. The predicted octanol–water partition coefficient (Wildman–Crippen LogP) is 5.45. The Morgan fingerprint density at radius 3 is 2.53 bits per heavy atom. The van der Waals surface area contributed by atoms with Gasteiger partial charge in [0.25, 0.3) is 5.91 Å². The van der Waals surface area contributed by atoms with Crippen molar-refractivity contribution in [1.29, 1.82) is 0 Å². The van der Waals surface area contributed by atoms with E-state index in [2.05, 4.69) is 36.8 Å². The fraction of sp³-hybridized carbons (Fsp3) is 0.154. The summed E-state index contributed by atoms with van der Waals surface area (Å²) in [5, 5.41) is 14.6. The quantitative estimate of drug-likeness (QED) is 0.276. The van der Waals surface area contributed by atoms with E-state index in [9.17, 15) is 14.0 Å². The van der Waals surface area contributed by atoms with Gasteiger partial charge in [-0.1, -0.05) is 52.0 Å². The van der Waals surface area contributed by atoms with Crippen molar-refractivity contribution in [3.05, 3.63) is 99.5 Å². The van der Waals surface area contributed by atoms with E-state index in [1.165, 1.54) is 30.0 Å². The van der Waals surface area contributed by atoms with E-state index in [1.807, 2.05) is 56.3 Å². The summed E-state index contributed by atoms with van der Waals surface area (Å²) in [4.78, 5) is 25.2. The van der Waals surface area contributed by atoms with Crippen molar-refractivity contribution in [3.63, 3.8) is 0 Å². The van der Waals surface area contributed by atoms with Gasteiger partial charge >= 0.3 is 0 Å². The SMILES string of the molecule is Cc1ccc(C)c(NC(=O)CSc2nnc(CNC(=O)c3ccccc3F)n2-c2ccc(Br)cc2)c1. The summed E-state index contributed by atoms with van der Waals surface area (Å²) in [6.45, 7) is 3.93. The predicted molar refractivity (Wildman–Crippen MR) is 142 cm³/mol. The summed E-state index contributed by atoms with van der Waals surface area (Å²) in [5.74, 6) is -0.771. The Morgan fingerprint density at radius 1 is 1.03 bits per heavy atom. The molecule has 0 atom stereocenters. The number of amides is 2. The van der Waals surface area contributed by atoms with Crippen LogP contribution in [-0.2, 0) is 11.3 Å². The number of thioether (sulfide) groups is 1. The van der Waals surface area contributed by atoms with E-state index >= 15 is 0 Å². The van der Waals surface area contributed by atoms with Crippen LogP contribution in [0.25, 0.3) is 5.69 Å². The number of benzene rings is 3. The van der Waals surface area contributed by atoms with E-state index in [1.54, 1.807) is 10.6 Å². The summed E-state index contributed by atoms with van der Waals surface area (Å²) >= 11 is 4.66. The maximum atomic E-state index is 14.0. The molecule has 0 saturated heterocycles. The van der Waals surface area contributed by atoms with Gasteiger partial charge in [0.05, 0.1) is 17.9 Å². The zero-order valence-corrected chi connectivity index (χ0v) is 22.0. The van der Waals surface area contributed by atoms with Gasteiger partial charge in [-0.25, -0.2) is 4.39 Å². The van der Waals surface area contributed by atoms with Gasteiger partial charge in [-0.05, 0) is 67.4 Å². The highest BCUT2D eigenvalue weighted by Crippen LogP contribution is 2.24. The number of hydrogen-bond donors (Lipinski definition) is 2. The van der Waals surface area contributed by atoms with Crippen LogP contribution < -0.4 is 10.6 Å². The van der Waals surface area contributed by atoms with Gasteiger partial charge in [-0.2, -0.15) is 0 Å². The molecule has 0 spiro atoms. The average Bonchev–Trinajstić information content (AvgIpc) is 3.27. The van der Waals surface area contributed by atoms with Gasteiger partial charge in [0.15, 0.2) is 11.0 Å². The van der Waals surface area contributed by atoms with Crippen LogP contribution in [0.1, 0.15) is 27.3 Å². The minimum absolute atomic E-state index is 0.0193. The lowest BCUT2D eigenvalue weighted by Gasteiger charge is -2.12. The molecule has 0 bridgehead atoms. The molecule has 0 aliphatic heterocycles. The van der Waals surface area contributed by atoms with Crippen LogP contribution in [0.2, 0.25) is 0 Å². The molecular formula is C26H23BrFN5O2S. The molecule has 1 aromatic heterocycles. The lowest BCUT2D eigenvalue weighted by Crippen LogP contribution is -2.25. The van der Waals surface area contributed by atoms with Gasteiger partial charge in [-0.15, -0.1) is 10.2 Å². The van der Waals surface area contributed by atoms with Crippen molar-refractivity contribution in [2.45, 2.75) is 25.5 Å². The Hall–Kier alpha value is -3.50. The lowest BCUT2D eigenvalue weighted by atomic mass is 10.1. The second-order valence-electron chi connectivity index (χ2n) is 8.03. The molecule has 0 fully saturated rings. The molecule has 0 saturated carbocycles. The van der Waals surface area contributed by atoms with Crippen LogP contribution in [0, 0.1) is 19.7 Å². The standard InChI is InChI=1S/C26H23BrFN5O2S/c1-16-7-8-17(2)22(13-16)30-24(34)15-36-26-32-31-23(33(26)19-11-9-18(27)10-12-19)14-29-25(35)20-5-3-4-6-21(20)28/h3-13H,14-15H2,1-2H3,(H,29,35)(H,30,34). The van der Waals surface area contributed by atoms with Crippen LogP contribution in [0.4, 0.5) is 10.1 Å². The number of carbonyl (C=O) groups excluding carboxylic acids is 2. The lowest BCUT2D eigenvalue weighted by molar-refractivity contribution is -0.113. The van der Waals surface area contributed by atoms with E-state index in [-0.39, 0.29) is 23.8 Å². The first kappa shape index (κ1) is 25.6. The molecule has 2 N–H and O–H groups in total. The van der Waals surface area contributed by atoms with E-state index in [0.29, 0.717) is 11.0 Å².